The maximum atomic E-state index is 12.5. The van der Waals surface area contributed by atoms with Crippen LogP contribution < -0.4 is 10.6 Å². The van der Waals surface area contributed by atoms with Crippen molar-refractivity contribution in [2.75, 3.05) is 40.3 Å². The zero-order valence-electron chi connectivity index (χ0n) is 18.0. The third-order valence-electron chi connectivity index (χ3n) is 5.03. The second-order valence-electron chi connectivity index (χ2n) is 7.99. The van der Waals surface area contributed by atoms with Gasteiger partial charge in [-0.25, -0.2) is 4.99 Å². The zero-order chi connectivity index (χ0) is 20.4. The third kappa shape index (κ3) is 8.18. The van der Waals surface area contributed by atoms with Gasteiger partial charge in [-0.15, -0.1) is 0 Å². The molecule has 1 aliphatic rings. The molecular weight excluding hydrogens is 342 g/mol. The van der Waals surface area contributed by atoms with Crippen LogP contribution >= 0.6 is 0 Å². The standard InChI is InChI=1S/C20H39N5O2/c1-7-16(8-2)19(27)25-11-9-17(10-12-25)23-20(21-13-15(3)4)22-14-18(26)24(5)6/h15-17H,7-14H2,1-6H3,(H2,21,22,23). The fraction of sp³-hybridized carbons (Fsp3) is 0.850. The summed E-state index contributed by atoms with van der Waals surface area (Å²) in [5.41, 5.74) is 0. The highest BCUT2D eigenvalue weighted by Gasteiger charge is 2.26. The van der Waals surface area contributed by atoms with Crippen LogP contribution in [0.1, 0.15) is 53.4 Å². The minimum Gasteiger partial charge on any atom is -0.356 e. The minimum absolute atomic E-state index is 0.0220. The normalized spacial score (nSPS) is 16.0. The van der Waals surface area contributed by atoms with E-state index in [-0.39, 0.29) is 24.4 Å². The first-order valence-electron chi connectivity index (χ1n) is 10.3. The van der Waals surface area contributed by atoms with Crippen LogP contribution in [-0.4, -0.2) is 73.9 Å². The highest BCUT2D eigenvalue weighted by atomic mass is 16.2. The van der Waals surface area contributed by atoms with E-state index in [1.165, 1.54) is 0 Å². The van der Waals surface area contributed by atoms with Crippen molar-refractivity contribution in [1.29, 1.82) is 0 Å². The van der Waals surface area contributed by atoms with E-state index in [1.54, 1.807) is 19.0 Å². The van der Waals surface area contributed by atoms with Crippen molar-refractivity contribution in [1.82, 2.24) is 20.4 Å². The Kier molecular flexibility index (Phi) is 10.2. The fourth-order valence-corrected chi connectivity index (χ4v) is 3.08. The lowest BCUT2D eigenvalue weighted by molar-refractivity contribution is -0.136. The van der Waals surface area contributed by atoms with Gasteiger partial charge in [-0.1, -0.05) is 27.7 Å². The van der Waals surface area contributed by atoms with Gasteiger partial charge in [0, 0.05) is 45.7 Å². The van der Waals surface area contributed by atoms with Crippen LogP contribution in [0.4, 0.5) is 0 Å². The lowest BCUT2D eigenvalue weighted by atomic mass is 9.98. The number of likely N-dealkylation sites (tertiary alicyclic amines) is 1. The minimum atomic E-state index is -0.0220. The van der Waals surface area contributed by atoms with Gasteiger partial charge in [0.15, 0.2) is 5.96 Å². The molecule has 0 bridgehead atoms. The number of nitrogens with one attached hydrogen (secondary N) is 2. The molecular formula is C20H39N5O2. The lowest BCUT2D eigenvalue weighted by Crippen LogP contribution is -2.51. The molecule has 27 heavy (non-hydrogen) atoms. The second kappa shape index (κ2) is 11.8. The molecule has 0 aromatic rings. The molecule has 0 aromatic heterocycles. The summed E-state index contributed by atoms with van der Waals surface area (Å²) in [6, 6.07) is 0.267. The van der Waals surface area contributed by atoms with E-state index in [2.05, 4.69) is 43.3 Å². The van der Waals surface area contributed by atoms with E-state index in [4.69, 9.17) is 0 Å². The Morgan fingerprint density at radius 1 is 1.15 bits per heavy atom. The molecule has 2 amide bonds. The number of aliphatic imine (C=N–C) groups is 1. The molecule has 2 N–H and O–H groups in total. The predicted octanol–water partition coefficient (Wildman–Crippen LogP) is 1.69. The van der Waals surface area contributed by atoms with E-state index in [0.717, 1.165) is 45.3 Å². The lowest BCUT2D eigenvalue weighted by Gasteiger charge is -2.35. The maximum absolute atomic E-state index is 12.5. The summed E-state index contributed by atoms with van der Waals surface area (Å²) < 4.78 is 0. The number of rotatable bonds is 8. The molecule has 7 heteroatoms. The molecule has 1 heterocycles. The first kappa shape index (κ1) is 23.2. The van der Waals surface area contributed by atoms with Crippen molar-refractivity contribution in [2.24, 2.45) is 16.8 Å². The monoisotopic (exact) mass is 381 g/mol. The van der Waals surface area contributed by atoms with Crippen molar-refractivity contribution in [3.63, 3.8) is 0 Å². The Morgan fingerprint density at radius 3 is 2.22 bits per heavy atom. The van der Waals surface area contributed by atoms with Crippen molar-refractivity contribution in [2.45, 2.75) is 59.4 Å². The summed E-state index contributed by atoms with van der Waals surface area (Å²) in [6.45, 7) is 10.9. The highest BCUT2D eigenvalue weighted by Crippen LogP contribution is 2.17. The van der Waals surface area contributed by atoms with Gasteiger partial charge in [0.1, 0.15) is 6.54 Å². The topological polar surface area (TPSA) is 77.0 Å². The van der Waals surface area contributed by atoms with Crippen LogP contribution in [0.15, 0.2) is 4.99 Å². The number of likely N-dealkylation sites (N-methyl/N-ethyl adjacent to an activating group) is 1. The third-order valence-corrected chi connectivity index (χ3v) is 5.03. The number of carbonyl (C=O) groups excluding carboxylic acids is 2. The molecule has 1 aliphatic heterocycles. The number of carbonyl (C=O) groups is 2. The summed E-state index contributed by atoms with van der Waals surface area (Å²) in [6.07, 6.45) is 3.61. The first-order chi connectivity index (χ1) is 12.8. The maximum Gasteiger partial charge on any atom is 0.243 e. The number of hydrogen-bond donors (Lipinski definition) is 2. The average molecular weight is 382 g/mol. The molecule has 7 nitrogen and oxygen atoms in total. The van der Waals surface area contributed by atoms with Gasteiger partial charge in [-0.3, -0.25) is 9.59 Å². The molecule has 156 valence electrons. The Bertz CT molecular complexity index is 493. The van der Waals surface area contributed by atoms with Crippen LogP contribution in [0.5, 0.6) is 0 Å². The van der Waals surface area contributed by atoms with Crippen LogP contribution in [0.25, 0.3) is 0 Å². The Labute approximate surface area is 165 Å². The highest BCUT2D eigenvalue weighted by molar-refractivity contribution is 5.85. The van der Waals surface area contributed by atoms with Crippen LogP contribution in [0, 0.1) is 11.8 Å². The molecule has 0 spiro atoms. The van der Waals surface area contributed by atoms with E-state index in [9.17, 15) is 9.59 Å². The summed E-state index contributed by atoms with van der Waals surface area (Å²) >= 11 is 0. The van der Waals surface area contributed by atoms with Crippen molar-refractivity contribution < 1.29 is 9.59 Å². The number of guanidine groups is 1. The van der Waals surface area contributed by atoms with Gasteiger partial charge in [0.25, 0.3) is 0 Å². The molecule has 1 fully saturated rings. The van der Waals surface area contributed by atoms with Crippen molar-refractivity contribution >= 4 is 17.8 Å². The van der Waals surface area contributed by atoms with Gasteiger partial charge in [-0.2, -0.15) is 0 Å². The largest absolute Gasteiger partial charge is 0.356 e. The van der Waals surface area contributed by atoms with Gasteiger partial charge >= 0.3 is 0 Å². The Balaban J connectivity index is 2.60. The zero-order valence-corrected chi connectivity index (χ0v) is 18.0. The number of hydrogen-bond acceptors (Lipinski definition) is 3. The van der Waals surface area contributed by atoms with Crippen LogP contribution in [-0.2, 0) is 9.59 Å². The van der Waals surface area contributed by atoms with Gasteiger partial charge in [-0.05, 0) is 31.6 Å². The first-order valence-corrected chi connectivity index (χ1v) is 10.3. The summed E-state index contributed by atoms with van der Waals surface area (Å²) in [7, 11) is 3.47. The van der Waals surface area contributed by atoms with E-state index in [1.807, 2.05) is 4.90 Å². The fourth-order valence-electron chi connectivity index (χ4n) is 3.08. The SMILES string of the molecule is CCC(CC)C(=O)N1CCC(NC(=NCC(=O)N(C)C)NCC(C)C)CC1. The number of nitrogens with zero attached hydrogens (tertiary/aromatic N) is 3. The molecule has 0 atom stereocenters. The molecule has 1 rings (SSSR count). The van der Waals surface area contributed by atoms with E-state index in [0.29, 0.717) is 17.8 Å². The number of piperidine rings is 1. The van der Waals surface area contributed by atoms with Crippen molar-refractivity contribution in [3.8, 4) is 0 Å². The Hall–Kier alpha value is -1.79. The van der Waals surface area contributed by atoms with Gasteiger partial charge in [0.2, 0.25) is 11.8 Å². The molecule has 0 aromatic carbocycles. The average Bonchev–Trinajstić information content (AvgIpc) is 2.64. The van der Waals surface area contributed by atoms with Crippen LogP contribution in [0.2, 0.25) is 0 Å². The summed E-state index contributed by atoms with van der Waals surface area (Å²) in [5.74, 6) is 1.59. The smallest absolute Gasteiger partial charge is 0.243 e. The predicted molar refractivity (Wildman–Crippen MR) is 111 cm³/mol. The quantitative estimate of drug-likeness (QED) is 0.495. The molecule has 1 saturated heterocycles. The van der Waals surface area contributed by atoms with Gasteiger partial charge in [0.05, 0.1) is 0 Å². The molecule has 0 aliphatic carbocycles. The Morgan fingerprint density at radius 2 is 1.74 bits per heavy atom. The van der Waals surface area contributed by atoms with Crippen molar-refractivity contribution in [3.05, 3.63) is 0 Å². The summed E-state index contributed by atoms with van der Waals surface area (Å²) in [4.78, 5) is 32.4. The molecule has 0 saturated carbocycles. The number of amides is 2. The van der Waals surface area contributed by atoms with Gasteiger partial charge < -0.3 is 20.4 Å². The molecule has 0 unspecified atom stereocenters. The van der Waals surface area contributed by atoms with E-state index < -0.39 is 0 Å². The van der Waals surface area contributed by atoms with E-state index >= 15 is 0 Å². The summed E-state index contributed by atoms with van der Waals surface area (Å²) in [5, 5.41) is 6.77. The second-order valence-corrected chi connectivity index (χ2v) is 7.99. The van der Waals surface area contributed by atoms with Crippen LogP contribution in [0.3, 0.4) is 0 Å². The molecule has 0 radical (unpaired) electrons.